The number of amides is 1. The summed E-state index contributed by atoms with van der Waals surface area (Å²) in [5.41, 5.74) is 1.65. The third-order valence-electron chi connectivity index (χ3n) is 2.07. The summed E-state index contributed by atoms with van der Waals surface area (Å²) in [7, 11) is 0. The van der Waals surface area contributed by atoms with Crippen molar-refractivity contribution in [3.05, 3.63) is 29.8 Å². The lowest BCUT2D eigenvalue weighted by Crippen LogP contribution is -2.12. The summed E-state index contributed by atoms with van der Waals surface area (Å²) in [5, 5.41) is 6.38. The first-order valence-electron chi connectivity index (χ1n) is 5.39. The summed E-state index contributed by atoms with van der Waals surface area (Å²) < 4.78 is 0. The second-order valence-electron chi connectivity index (χ2n) is 3.54. The maximum atomic E-state index is 11.4. The van der Waals surface area contributed by atoms with Gasteiger partial charge >= 0.3 is 6.09 Å². The zero-order valence-corrected chi connectivity index (χ0v) is 10.6. The van der Waals surface area contributed by atoms with Crippen LogP contribution in [0.5, 0.6) is 0 Å². The van der Waals surface area contributed by atoms with Crippen LogP contribution < -0.4 is 5.32 Å². The van der Waals surface area contributed by atoms with E-state index in [0.717, 1.165) is 12.0 Å². The van der Waals surface area contributed by atoms with E-state index >= 15 is 0 Å². The van der Waals surface area contributed by atoms with Gasteiger partial charge in [0.1, 0.15) is 5.17 Å². The number of para-hydroxylation sites is 1. The summed E-state index contributed by atoms with van der Waals surface area (Å²) in [6.07, 6.45) is 0.804. The third kappa shape index (κ3) is 4.87. The molecule has 0 unspecified atom stereocenters. The fraction of sp³-hybridized carbons (Fsp3) is 0.333. The number of hydrogen-bond acceptors (Lipinski definition) is 3. The number of carbonyl (C=O) groups is 1. The highest BCUT2D eigenvalue weighted by Crippen LogP contribution is 2.13. The van der Waals surface area contributed by atoms with Crippen molar-refractivity contribution in [1.29, 1.82) is 0 Å². The Morgan fingerprint density at radius 1 is 1.47 bits per heavy atom. The van der Waals surface area contributed by atoms with Crippen molar-refractivity contribution in [2.75, 3.05) is 5.32 Å². The maximum absolute atomic E-state index is 11.4. The van der Waals surface area contributed by atoms with Crippen molar-refractivity contribution in [1.82, 2.24) is 0 Å². The number of hydrogen-bond donors (Lipinski definition) is 1. The van der Waals surface area contributed by atoms with E-state index in [2.05, 4.69) is 15.3 Å². The summed E-state index contributed by atoms with van der Waals surface area (Å²) in [4.78, 5) is 16.0. The van der Waals surface area contributed by atoms with Crippen molar-refractivity contribution in [3.8, 4) is 0 Å². The molecule has 0 spiro atoms. The largest absolute Gasteiger partial charge is 0.437 e. The summed E-state index contributed by atoms with van der Waals surface area (Å²) in [6.45, 7) is 3.86. The molecule has 1 aromatic rings. The zero-order chi connectivity index (χ0) is 12.7. The number of aryl methyl sites for hydroxylation is 1. The molecule has 0 saturated heterocycles. The van der Waals surface area contributed by atoms with Crippen molar-refractivity contribution in [2.24, 2.45) is 5.16 Å². The maximum Gasteiger partial charge on any atom is 0.437 e. The molecule has 1 aromatic carbocycles. The van der Waals surface area contributed by atoms with E-state index in [4.69, 9.17) is 11.6 Å². The minimum Gasteiger partial charge on any atom is -0.297 e. The summed E-state index contributed by atoms with van der Waals surface area (Å²) in [6, 6.07) is 7.40. The minimum atomic E-state index is -0.645. The monoisotopic (exact) mass is 254 g/mol. The lowest BCUT2D eigenvalue weighted by atomic mass is 10.2. The van der Waals surface area contributed by atoms with Crippen molar-refractivity contribution < 1.29 is 9.63 Å². The second kappa shape index (κ2) is 6.91. The molecule has 0 bridgehead atoms. The lowest BCUT2D eigenvalue weighted by Gasteiger charge is -2.05. The van der Waals surface area contributed by atoms with Crippen LogP contribution in [0.4, 0.5) is 10.5 Å². The van der Waals surface area contributed by atoms with Crippen LogP contribution in [-0.2, 0) is 4.84 Å². The number of rotatable bonds is 4. The number of oxime groups is 1. The molecule has 0 fully saturated rings. The van der Waals surface area contributed by atoms with Crippen molar-refractivity contribution >= 4 is 28.6 Å². The Hall–Kier alpha value is -1.55. The van der Waals surface area contributed by atoms with Gasteiger partial charge in [-0.15, -0.1) is 0 Å². The van der Waals surface area contributed by atoms with Crippen molar-refractivity contribution in [3.63, 3.8) is 0 Å². The van der Waals surface area contributed by atoms with Gasteiger partial charge in [-0.05, 0) is 25.0 Å². The van der Waals surface area contributed by atoms with Gasteiger partial charge in [-0.1, -0.05) is 41.9 Å². The van der Waals surface area contributed by atoms with E-state index in [1.807, 2.05) is 32.0 Å². The average Bonchev–Trinajstić information content (AvgIpc) is 2.30. The van der Waals surface area contributed by atoms with Gasteiger partial charge in [-0.25, -0.2) is 4.79 Å². The topological polar surface area (TPSA) is 50.7 Å². The number of nitrogens with zero attached hydrogens (tertiary/aromatic N) is 1. The summed E-state index contributed by atoms with van der Waals surface area (Å²) in [5.74, 6) is 0. The highest BCUT2D eigenvalue weighted by atomic mass is 35.5. The molecule has 0 heterocycles. The van der Waals surface area contributed by atoms with Crippen LogP contribution in [0.15, 0.2) is 29.4 Å². The number of nitrogens with one attached hydrogen (secondary N) is 1. The predicted molar refractivity (Wildman–Crippen MR) is 69.5 cm³/mol. The first-order valence-corrected chi connectivity index (χ1v) is 5.77. The van der Waals surface area contributed by atoms with E-state index in [-0.39, 0.29) is 5.17 Å². The molecule has 92 valence electrons. The van der Waals surface area contributed by atoms with Crippen LogP contribution >= 0.6 is 11.6 Å². The first kappa shape index (κ1) is 13.5. The van der Waals surface area contributed by atoms with E-state index in [1.54, 1.807) is 6.07 Å². The molecule has 0 aliphatic carbocycles. The Morgan fingerprint density at radius 2 is 2.18 bits per heavy atom. The van der Waals surface area contributed by atoms with Crippen LogP contribution in [0.3, 0.4) is 0 Å². The lowest BCUT2D eigenvalue weighted by molar-refractivity contribution is 0.166. The molecule has 1 rings (SSSR count). The van der Waals surface area contributed by atoms with E-state index in [1.165, 1.54) is 0 Å². The molecular formula is C12H15ClN2O2. The third-order valence-corrected chi connectivity index (χ3v) is 2.32. The number of anilines is 1. The van der Waals surface area contributed by atoms with Crippen LogP contribution in [0.1, 0.15) is 25.3 Å². The SMILES string of the molecule is CCCC(Cl)=NOC(=O)Nc1ccccc1C. The van der Waals surface area contributed by atoms with Gasteiger partial charge < -0.3 is 0 Å². The molecule has 1 amide bonds. The minimum absolute atomic E-state index is 0.285. The highest BCUT2D eigenvalue weighted by Gasteiger charge is 2.05. The highest BCUT2D eigenvalue weighted by molar-refractivity contribution is 6.65. The molecule has 5 heteroatoms. The number of benzene rings is 1. The Bertz CT molecular complexity index is 419. The fourth-order valence-electron chi connectivity index (χ4n) is 1.19. The predicted octanol–water partition coefficient (Wildman–Crippen LogP) is 3.90. The quantitative estimate of drug-likeness (QED) is 0.503. The van der Waals surface area contributed by atoms with Crippen LogP contribution in [0, 0.1) is 6.92 Å². The van der Waals surface area contributed by atoms with Gasteiger partial charge in [0.05, 0.1) is 0 Å². The van der Waals surface area contributed by atoms with Crippen molar-refractivity contribution in [2.45, 2.75) is 26.7 Å². The molecule has 4 nitrogen and oxygen atoms in total. The molecule has 0 radical (unpaired) electrons. The van der Waals surface area contributed by atoms with Gasteiger partial charge in [0.2, 0.25) is 0 Å². The molecule has 0 aliphatic heterocycles. The standard InChI is InChI=1S/C12H15ClN2O2/c1-3-6-11(13)15-17-12(16)14-10-8-5-4-7-9(10)2/h4-5,7-8H,3,6H2,1-2H3,(H,14,16). The van der Waals surface area contributed by atoms with Crippen LogP contribution in [0.2, 0.25) is 0 Å². The Kier molecular flexibility index (Phi) is 5.49. The Balaban J connectivity index is 2.51. The summed E-state index contributed by atoms with van der Waals surface area (Å²) >= 11 is 5.70. The van der Waals surface area contributed by atoms with Gasteiger partial charge in [-0.3, -0.25) is 10.2 Å². The van der Waals surface area contributed by atoms with E-state index in [0.29, 0.717) is 12.1 Å². The van der Waals surface area contributed by atoms with Gasteiger partial charge in [0.25, 0.3) is 0 Å². The normalized spacial score (nSPS) is 11.1. The zero-order valence-electron chi connectivity index (χ0n) is 9.87. The number of halogens is 1. The molecule has 1 N–H and O–H groups in total. The molecule has 0 aliphatic rings. The first-order chi connectivity index (χ1) is 8.13. The molecule has 0 aromatic heterocycles. The van der Waals surface area contributed by atoms with Crippen LogP contribution in [0.25, 0.3) is 0 Å². The molecule has 0 saturated carbocycles. The molecule has 0 atom stereocenters. The van der Waals surface area contributed by atoms with Crippen LogP contribution in [-0.4, -0.2) is 11.3 Å². The van der Waals surface area contributed by atoms with Gasteiger partial charge in [-0.2, -0.15) is 0 Å². The average molecular weight is 255 g/mol. The Labute approximate surface area is 106 Å². The molecular weight excluding hydrogens is 240 g/mol. The smallest absolute Gasteiger partial charge is 0.297 e. The van der Waals surface area contributed by atoms with E-state index in [9.17, 15) is 4.79 Å². The second-order valence-corrected chi connectivity index (χ2v) is 3.97. The van der Waals surface area contributed by atoms with Gasteiger partial charge in [0, 0.05) is 12.1 Å². The van der Waals surface area contributed by atoms with Gasteiger partial charge in [0.15, 0.2) is 0 Å². The number of carbonyl (C=O) groups excluding carboxylic acids is 1. The Morgan fingerprint density at radius 3 is 2.82 bits per heavy atom. The molecule has 17 heavy (non-hydrogen) atoms. The fourth-order valence-corrected chi connectivity index (χ4v) is 1.41. The van der Waals surface area contributed by atoms with E-state index < -0.39 is 6.09 Å².